The fourth-order valence-corrected chi connectivity index (χ4v) is 5.92. The van der Waals surface area contributed by atoms with Crippen molar-refractivity contribution in [2.24, 2.45) is 17.8 Å². The second-order valence-electron chi connectivity index (χ2n) is 10.8. The number of anilines is 2. The predicted molar refractivity (Wildman–Crippen MR) is 154 cm³/mol. The molecule has 2 aliphatic carbocycles. The maximum atomic E-state index is 14.8. The van der Waals surface area contributed by atoms with Crippen molar-refractivity contribution in [2.45, 2.75) is 32.2 Å². The molecule has 0 N–H and O–H groups in total. The van der Waals surface area contributed by atoms with Crippen LogP contribution in [-0.4, -0.2) is 33.1 Å². The van der Waals surface area contributed by atoms with Crippen LogP contribution in [0, 0.1) is 23.6 Å². The van der Waals surface area contributed by atoms with Gasteiger partial charge < -0.3 is 14.5 Å². The number of esters is 1. The summed E-state index contributed by atoms with van der Waals surface area (Å²) in [5.74, 6) is -0.546. The monoisotopic (exact) mass is 527 g/mol. The van der Waals surface area contributed by atoms with E-state index in [1.165, 1.54) is 36.3 Å². The molecule has 0 aromatic heterocycles. The molecule has 5 rings (SSSR count). The molecule has 0 saturated heterocycles. The molecule has 3 aromatic rings. The molecule has 0 radical (unpaired) electrons. The fourth-order valence-electron chi connectivity index (χ4n) is 5.92. The molecule has 2 aliphatic rings. The summed E-state index contributed by atoms with van der Waals surface area (Å²) >= 11 is 0. The summed E-state index contributed by atoms with van der Waals surface area (Å²) < 4.78 is 28.7. The first kappa shape index (κ1) is 25.4. The predicted octanol–water partition coefficient (Wildman–Crippen LogP) is 6.71. The van der Waals surface area contributed by atoms with Crippen LogP contribution < -0.4 is 9.80 Å². The summed E-state index contributed by atoms with van der Waals surface area (Å²) in [6, 6.07) is 20.1. The van der Waals surface area contributed by atoms with Crippen LogP contribution in [0.4, 0.5) is 15.8 Å². The lowest BCUT2D eigenvalue weighted by atomic mass is 9.87. The van der Waals surface area contributed by atoms with Gasteiger partial charge >= 0.3 is 5.97 Å². The molecule has 5 nitrogen and oxygen atoms in total. The molecule has 0 aliphatic heterocycles. The van der Waals surface area contributed by atoms with Gasteiger partial charge in [0.2, 0.25) is 5.91 Å². The van der Waals surface area contributed by atoms with E-state index in [1.54, 1.807) is 6.07 Å². The van der Waals surface area contributed by atoms with Crippen molar-refractivity contribution in [3.63, 3.8) is 0 Å². The Labute approximate surface area is 231 Å². The number of methoxy groups -OCH3 is 1. The number of hydrogen-bond acceptors (Lipinski definition) is 4. The van der Waals surface area contributed by atoms with Crippen molar-refractivity contribution in [3.05, 3.63) is 89.8 Å². The first-order chi connectivity index (χ1) is 19.2. The van der Waals surface area contributed by atoms with Crippen molar-refractivity contribution in [1.29, 1.82) is 0 Å². The molecule has 2 saturated carbocycles. The smallest absolute Gasteiger partial charge is 0.330 e. The van der Waals surface area contributed by atoms with E-state index in [0.29, 0.717) is 28.7 Å². The number of nitrogens with zero attached hydrogens (tertiary/aromatic N) is 2. The van der Waals surface area contributed by atoms with Gasteiger partial charge in [-0.15, -0.1) is 0 Å². The highest BCUT2D eigenvalue weighted by Gasteiger charge is 2.44. The highest BCUT2D eigenvalue weighted by atomic mass is 19.1. The zero-order valence-electron chi connectivity index (χ0n) is 23.6. The number of fused-ring (bicyclic) bond motifs is 2. The van der Waals surface area contributed by atoms with Gasteiger partial charge in [-0.1, -0.05) is 42.8 Å². The first-order valence-electron chi connectivity index (χ1n) is 14.0. The Morgan fingerprint density at radius 3 is 2.26 bits per heavy atom. The standard InChI is InChI=1S/C33H35FN2O3/c1-35(2)29-13-11-26(12-14-29)25-8-4-22(5-9-25)21-36(33(38)31-19-23-6-10-27(31)16-23)30-18-24(17-28(34)20-30)7-15-32(37)39-3/h4-5,7-9,11-15,17-18,20,23,27,31H,6,10,16,19,21H2,1-3H3/b15-7+/t23-,27+,31+/m0/s1/i21D/t21-,23-,27+,31+. The third-order valence-electron chi connectivity index (χ3n) is 7.99. The Bertz CT molecular complexity index is 1400. The number of ether oxygens (including phenoxy) is 1. The van der Waals surface area contributed by atoms with Gasteiger partial charge in [0.15, 0.2) is 0 Å². The minimum absolute atomic E-state index is 0.135. The van der Waals surface area contributed by atoms with Gasteiger partial charge in [0.05, 0.1) is 15.0 Å². The van der Waals surface area contributed by atoms with E-state index in [1.807, 2.05) is 43.3 Å². The summed E-state index contributed by atoms with van der Waals surface area (Å²) in [5, 5.41) is 0. The van der Waals surface area contributed by atoms with E-state index in [-0.39, 0.29) is 11.8 Å². The van der Waals surface area contributed by atoms with E-state index in [9.17, 15) is 15.4 Å². The quantitative estimate of drug-likeness (QED) is 0.241. The van der Waals surface area contributed by atoms with E-state index in [0.717, 1.165) is 42.5 Å². The SMILES string of the molecule is [2H][C@@H](c1ccc(-c2ccc(N(C)C)cc2)cc1)N(C(=O)[C@@H]1C[C@H]2CC[C@@H]1C2)c1cc(F)cc(/C=C/C(=O)OC)c1. The van der Waals surface area contributed by atoms with Crippen molar-refractivity contribution in [1.82, 2.24) is 0 Å². The molecule has 4 atom stereocenters. The number of benzene rings is 3. The van der Waals surface area contributed by atoms with Crippen LogP contribution >= 0.6 is 0 Å². The highest BCUT2D eigenvalue weighted by Crippen LogP contribution is 2.49. The topological polar surface area (TPSA) is 49.9 Å². The summed E-state index contributed by atoms with van der Waals surface area (Å²) in [6.45, 7) is -1.06. The normalized spacial score (nSPS) is 21.0. The van der Waals surface area contributed by atoms with Crippen LogP contribution in [0.5, 0.6) is 0 Å². The van der Waals surface area contributed by atoms with Crippen molar-refractivity contribution in [3.8, 4) is 11.1 Å². The molecule has 39 heavy (non-hydrogen) atoms. The van der Waals surface area contributed by atoms with Crippen molar-refractivity contribution < 1.29 is 20.1 Å². The number of halogens is 1. The molecular formula is C33H35FN2O3. The molecule has 0 unspecified atom stereocenters. The second kappa shape index (κ2) is 11.4. The lowest BCUT2D eigenvalue weighted by molar-refractivity contribution is -0.134. The maximum Gasteiger partial charge on any atom is 0.330 e. The summed E-state index contributed by atoms with van der Waals surface area (Å²) in [5.41, 5.74) is 4.53. The number of carbonyl (C=O) groups excluding carboxylic acids is 2. The van der Waals surface area contributed by atoms with E-state index >= 15 is 0 Å². The Morgan fingerprint density at radius 1 is 0.974 bits per heavy atom. The summed E-state index contributed by atoms with van der Waals surface area (Å²) in [7, 11) is 5.27. The van der Waals surface area contributed by atoms with E-state index < -0.39 is 18.3 Å². The zero-order valence-corrected chi connectivity index (χ0v) is 22.6. The van der Waals surface area contributed by atoms with Crippen LogP contribution in [0.1, 0.15) is 38.2 Å². The van der Waals surface area contributed by atoms with Gasteiger partial charge in [0.1, 0.15) is 5.82 Å². The molecule has 2 fully saturated rings. The van der Waals surface area contributed by atoms with Crippen LogP contribution in [0.2, 0.25) is 0 Å². The Balaban J connectivity index is 1.47. The molecule has 2 bridgehead atoms. The Morgan fingerprint density at radius 2 is 1.67 bits per heavy atom. The molecule has 202 valence electrons. The largest absolute Gasteiger partial charge is 0.466 e. The minimum atomic E-state index is -1.06. The Hall–Kier alpha value is -3.93. The summed E-state index contributed by atoms with van der Waals surface area (Å²) in [4.78, 5) is 29.1. The average Bonchev–Trinajstić information content (AvgIpc) is 3.60. The lowest BCUT2D eigenvalue weighted by Crippen LogP contribution is -2.38. The van der Waals surface area contributed by atoms with Gasteiger partial charge in [-0.25, -0.2) is 9.18 Å². The Kier molecular flexibility index (Phi) is 7.44. The zero-order chi connectivity index (χ0) is 28.4. The number of carbonyl (C=O) groups is 2. The minimum Gasteiger partial charge on any atom is -0.466 e. The molecular weight excluding hydrogens is 491 g/mol. The van der Waals surface area contributed by atoms with Gasteiger partial charge in [-0.05, 0) is 89.8 Å². The third kappa shape index (κ3) is 6.06. The molecule has 1 amide bonds. The van der Waals surface area contributed by atoms with Gasteiger partial charge in [0.25, 0.3) is 0 Å². The number of hydrogen-bond donors (Lipinski definition) is 0. The molecule has 0 heterocycles. The van der Waals surface area contributed by atoms with E-state index in [4.69, 9.17) is 0 Å². The maximum absolute atomic E-state index is 14.8. The second-order valence-corrected chi connectivity index (χ2v) is 10.8. The van der Waals surface area contributed by atoms with Crippen LogP contribution in [-0.2, 0) is 20.8 Å². The van der Waals surface area contributed by atoms with Crippen LogP contribution in [0.15, 0.2) is 72.8 Å². The van der Waals surface area contributed by atoms with Crippen LogP contribution in [0.25, 0.3) is 17.2 Å². The highest BCUT2D eigenvalue weighted by molar-refractivity contribution is 5.96. The average molecular weight is 528 g/mol. The molecule has 6 heteroatoms. The van der Waals surface area contributed by atoms with Gasteiger partial charge in [0, 0.05) is 37.5 Å². The van der Waals surface area contributed by atoms with E-state index in [2.05, 4.69) is 29.0 Å². The fraction of sp³-hybridized carbons (Fsp3) is 0.333. The van der Waals surface area contributed by atoms with Crippen LogP contribution in [0.3, 0.4) is 0 Å². The van der Waals surface area contributed by atoms with Gasteiger partial charge in [-0.3, -0.25) is 4.79 Å². The summed E-state index contributed by atoms with van der Waals surface area (Å²) in [6.07, 6.45) is 6.70. The van der Waals surface area contributed by atoms with Gasteiger partial charge in [-0.2, -0.15) is 0 Å². The third-order valence-corrected chi connectivity index (χ3v) is 7.99. The number of amides is 1. The van der Waals surface area contributed by atoms with Crippen molar-refractivity contribution in [2.75, 3.05) is 31.0 Å². The molecule has 3 aromatic carbocycles. The van der Waals surface area contributed by atoms with Crippen molar-refractivity contribution >= 4 is 29.3 Å². The lowest BCUT2D eigenvalue weighted by Gasteiger charge is -2.30. The molecule has 0 spiro atoms. The number of rotatable bonds is 8. The first-order valence-corrected chi connectivity index (χ1v) is 13.4.